The van der Waals surface area contributed by atoms with Gasteiger partial charge < -0.3 is 10.0 Å². The van der Waals surface area contributed by atoms with E-state index in [0.717, 1.165) is 16.9 Å². The number of phenolic OH excluding ortho intramolecular Hbond substituents is 1. The molecule has 0 aromatic heterocycles. The maximum atomic E-state index is 12.7. The Morgan fingerprint density at radius 3 is 2.13 bits per heavy atom. The summed E-state index contributed by atoms with van der Waals surface area (Å²) in [4.78, 5) is 6.51. The zero-order valence-electron chi connectivity index (χ0n) is 17.9. The lowest BCUT2D eigenvalue weighted by Crippen LogP contribution is -2.30. The van der Waals surface area contributed by atoms with Gasteiger partial charge in [-0.1, -0.05) is 44.2 Å². The Kier molecular flexibility index (Phi) is 7.09. The number of rotatable bonds is 8. The number of aliphatic imine (C=N–C) groups is 1. The third-order valence-electron chi connectivity index (χ3n) is 5.07. The van der Waals surface area contributed by atoms with Crippen molar-refractivity contribution in [2.75, 3.05) is 25.0 Å². The Hall–Kier alpha value is -3.16. The van der Waals surface area contributed by atoms with Gasteiger partial charge in [-0.25, -0.2) is 8.42 Å². The SMILES string of the molecule is CCN(CC)S(=O)(=O)c1ccc(O)c(N=Cc2ccc(N(C)c3ccccc3)cc2)c1. The van der Waals surface area contributed by atoms with E-state index in [4.69, 9.17) is 0 Å². The molecular weight excluding hydrogens is 410 g/mol. The van der Waals surface area contributed by atoms with Gasteiger partial charge in [0, 0.05) is 37.7 Å². The molecule has 0 saturated carbocycles. The fourth-order valence-corrected chi connectivity index (χ4v) is 4.69. The van der Waals surface area contributed by atoms with Crippen LogP contribution < -0.4 is 4.90 Å². The van der Waals surface area contributed by atoms with Crippen molar-refractivity contribution in [1.82, 2.24) is 4.31 Å². The first-order valence-corrected chi connectivity index (χ1v) is 11.6. The lowest BCUT2D eigenvalue weighted by atomic mass is 10.2. The highest BCUT2D eigenvalue weighted by Gasteiger charge is 2.22. The summed E-state index contributed by atoms with van der Waals surface area (Å²) in [6, 6.07) is 22.0. The minimum absolute atomic E-state index is 0.0739. The molecule has 0 atom stereocenters. The molecule has 0 radical (unpaired) electrons. The van der Waals surface area contributed by atoms with Crippen LogP contribution in [0.4, 0.5) is 17.1 Å². The normalized spacial score (nSPS) is 11.9. The summed E-state index contributed by atoms with van der Waals surface area (Å²) in [6.07, 6.45) is 1.61. The van der Waals surface area contributed by atoms with Crippen LogP contribution in [-0.2, 0) is 10.0 Å². The molecule has 0 aliphatic carbocycles. The van der Waals surface area contributed by atoms with Crippen LogP contribution in [0, 0.1) is 0 Å². The fraction of sp³-hybridized carbons (Fsp3) is 0.208. The molecule has 0 fully saturated rings. The van der Waals surface area contributed by atoms with E-state index < -0.39 is 10.0 Å². The van der Waals surface area contributed by atoms with Gasteiger partial charge in [-0.3, -0.25) is 4.99 Å². The van der Waals surface area contributed by atoms with Crippen LogP contribution in [0.1, 0.15) is 19.4 Å². The molecule has 162 valence electrons. The van der Waals surface area contributed by atoms with Gasteiger partial charge in [-0.2, -0.15) is 4.31 Å². The van der Waals surface area contributed by atoms with Crippen LogP contribution in [0.25, 0.3) is 0 Å². The highest BCUT2D eigenvalue weighted by molar-refractivity contribution is 7.89. The first kappa shape index (κ1) is 22.5. The third kappa shape index (κ3) is 5.13. The summed E-state index contributed by atoms with van der Waals surface area (Å²) in [5.41, 5.74) is 3.15. The highest BCUT2D eigenvalue weighted by atomic mass is 32.2. The van der Waals surface area contributed by atoms with Crippen molar-refractivity contribution >= 4 is 33.3 Å². The highest BCUT2D eigenvalue weighted by Crippen LogP contribution is 2.30. The van der Waals surface area contributed by atoms with E-state index in [-0.39, 0.29) is 16.3 Å². The number of benzene rings is 3. The minimum Gasteiger partial charge on any atom is -0.506 e. The molecule has 0 amide bonds. The molecule has 3 aromatic rings. The molecule has 7 heteroatoms. The van der Waals surface area contributed by atoms with Gasteiger partial charge in [0.2, 0.25) is 10.0 Å². The second-order valence-corrected chi connectivity index (χ2v) is 8.92. The summed E-state index contributed by atoms with van der Waals surface area (Å²) in [5.74, 6) is -0.0739. The first-order valence-electron chi connectivity index (χ1n) is 10.1. The van der Waals surface area contributed by atoms with E-state index in [1.807, 2.05) is 61.6 Å². The Labute approximate surface area is 184 Å². The van der Waals surface area contributed by atoms with E-state index in [2.05, 4.69) is 9.89 Å². The predicted molar refractivity (Wildman–Crippen MR) is 126 cm³/mol. The number of hydrogen-bond donors (Lipinski definition) is 1. The largest absolute Gasteiger partial charge is 0.506 e. The molecule has 0 unspecified atom stereocenters. The number of anilines is 2. The molecule has 0 aliphatic heterocycles. The van der Waals surface area contributed by atoms with E-state index >= 15 is 0 Å². The smallest absolute Gasteiger partial charge is 0.243 e. The van der Waals surface area contributed by atoms with Gasteiger partial charge in [0.1, 0.15) is 11.4 Å². The Bertz CT molecular complexity index is 1140. The molecule has 3 rings (SSSR count). The van der Waals surface area contributed by atoms with Gasteiger partial charge >= 0.3 is 0 Å². The van der Waals surface area contributed by atoms with Gasteiger partial charge in [0.05, 0.1) is 4.90 Å². The van der Waals surface area contributed by atoms with Crippen LogP contribution in [0.15, 0.2) is 82.7 Å². The number of sulfonamides is 1. The second-order valence-electron chi connectivity index (χ2n) is 6.98. The number of phenols is 1. The summed E-state index contributed by atoms with van der Waals surface area (Å²) < 4.78 is 26.8. The van der Waals surface area contributed by atoms with Crippen LogP contribution in [-0.4, -0.2) is 44.2 Å². The number of hydrogen-bond acceptors (Lipinski definition) is 5. The number of aromatic hydroxyl groups is 1. The van der Waals surface area contributed by atoms with Gasteiger partial charge in [-0.05, 0) is 48.0 Å². The Morgan fingerprint density at radius 1 is 0.903 bits per heavy atom. The van der Waals surface area contributed by atoms with E-state index in [1.165, 1.54) is 22.5 Å². The molecule has 0 saturated heterocycles. The van der Waals surface area contributed by atoms with Crippen molar-refractivity contribution in [3.05, 3.63) is 78.4 Å². The average molecular weight is 438 g/mol. The zero-order valence-corrected chi connectivity index (χ0v) is 18.7. The summed E-state index contributed by atoms with van der Waals surface area (Å²) in [7, 11) is -1.62. The van der Waals surface area contributed by atoms with Crippen LogP contribution in [0.5, 0.6) is 5.75 Å². The summed E-state index contributed by atoms with van der Waals surface area (Å²) in [6.45, 7) is 4.34. The monoisotopic (exact) mass is 437 g/mol. The fourth-order valence-electron chi connectivity index (χ4n) is 3.21. The molecule has 0 spiro atoms. The van der Waals surface area contributed by atoms with Crippen molar-refractivity contribution in [2.24, 2.45) is 4.99 Å². The van der Waals surface area contributed by atoms with Crippen LogP contribution >= 0.6 is 0 Å². The molecule has 0 bridgehead atoms. The van der Waals surface area contributed by atoms with E-state index in [0.29, 0.717) is 13.1 Å². The topological polar surface area (TPSA) is 73.2 Å². The molecule has 0 heterocycles. The zero-order chi connectivity index (χ0) is 22.4. The molecular formula is C24H27N3O3S. The van der Waals surface area contributed by atoms with E-state index in [9.17, 15) is 13.5 Å². The maximum Gasteiger partial charge on any atom is 0.243 e. The predicted octanol–water partition coefficient (Wildman–Crippen LogP) is 4.94. The molecule has 1 N–H and O–H groups in total. The standard InChI is InChI=1S/C24H27N3O3S/c1-4-27(5-2)31(29,30)22-15-16-24(28)23(17-22)25-18-19-11-13-21(14-12-19)26(3)20-9-7-6-8-10-20/h6-18,28H,4-5H2,1-3H3. The second kappa shape index (κ2) is 9.76. The Morgan fingerprint density at radius 2 is 1.52 bits per heavy atom. The Balaban J connectivity index is 1.82. The number of nitrogens with zero attached hydrogens (tertiary/aromatic N) is 3. The van der Waals surface area contributed by atoms with Crippen LogP contribution in [0.2, 0.25) is 0 Å². The van der Waals surface area contributed by atoms with Gasteiger partial charge in [0.25, 0.3) is 0 Å². The minimum atomic E-state index is -3.62. The first-order chi connectivity index (χ1) is 14.9. The average Bonchev–Trinajstić information content (AvgIpc) is 2.79. The lowest BCUT2D eigenvalue weighted by Gasteiger charge is -2.19. The summed E-state index contributed by atoms with van der Waals surface area (Å²) >= 11 is 0. The lowest BCUT2D eigenvalue weighted by molar-refractivity contribution is 0.445. The van der Waals surface area contributed by atoms with E-state index in [1.54, 1.807) is 20.1 Å². The molecule has 31 heavy (non-hydrogen) atoms. The summed E-state index contributed by atoms with van der Waals surface area (Å²) in [5, 5.41) is 10.1. The molecule has 0 aliphatic rings. The van der Waals surface area contributed by atoms with Gasteiger partial charge in [0.15, 0.2) is 0 Å². The van der Waals surface area contributed by atoms with Crippen molar-refractivity contribution in [3.8, 4) is 5.75 Å². The van der Waals surface area contributed by atoms with Crippen molar-refractivity contribution in [2.45, 2.75) is 18.7 Å². The van der Waals surface area contributed by atoms with Crippen molar-refractivity contribution in [1.29, 1.82) is 0 Å². The molecule has 3 aromatic carbocycles. The van der Waals surface area contributed by atoms with Crippen molar-refractivity contribution in [3.63, 3.8) is 0 Å². The van der Waals surface area contributed by atoms with Crippen LogP contribution in [0.3, 0.4) is 0 Å². The molecule has 6 nitrogen and oxygen atoms in total. The van der Waals surface area contributed by atoms with Crippen molar-refractivity contribution < 1.29 is 13.5 Å². The van der Waals surface area contributed by atoms with Gasteiger partial charge in [-0.15, -0.1) is 0 Å². The maximum absolute atomic E-state index is 12.7. The quantitative estimate of drug-likeness (QED) is 0.507. The third-order valence-corrected chi connectivity index (χ3v) is 7.11. The number of para-hydroxylation sites is 1.